The zero-order valence-electron chi connectivity index (χ0n) is 10.5. The fraction of sp³-hybridized carbons (Fsp3) is 0.0833. The highest BCUT2D eigenvalue weighted by Gasteiger charge is 2.11. The third-order valence-corrected chi connectivity index (χ3v) is 2.92. The van der Waals surface area contributed by atoms with Crippen molar-refractivity contribution in [2.75, 3.05) is 12.4 Å². The lowest BCUT2D eigenvalue weighted by Gasteiger charge is -2.07. The van der Waals surface area contributed by atoms with Crippen molar-refractivity contribution in [2.24, 2.45) is 0 Å². The van der Waals surface area contributed by atoms with Gasteiger partial charge in [-0.2, -0.15) is 24.7 Å². The fourth-order valence-electron chi connectivity index (χ4n) is 1.65. The van der Waals surface area contributed by atoms with E-state index in [1.807, 2.05) is 18.2 Å². The first kappa shape index (κ1) is 12.5. The normalized spacial score (nSPS) is 10.5. The molecule has 0 bridgehead atoms. The van der Waals surface area contributed by atoms with Gasteiger partial charge in [0.25, 0.3) is 5.95 Å². The molecule has 0 spiro atoms. The Morgan fingerprint density at radius 1 is 1.15 bits per heavy atom. The summed E-state index contributed by atoms with van der Waals surface area (Å²) in [4.78, 5) is 16.8. The van der Waals surface area contributed by atoms with Gasteiger partial charge in [0.05, 0.1) is 5.02 Å². The van der Waals surface area contributed by atoms with Crippen LogP contribution in [0.15, 0.2) is 36.9 Å². The average Bonchev–Trinajstić information content (AvgIpc) is 3.01. The monoisotopic (exact) mass is 287 g/mol. The number of hydrogen-bond donors (Lipinski definition) is 1. The van der Waals surface area contributed by atoms with Crippen molar-refractivity contribution in [3.8, 4) is 17.3 Å². The number of nitrogens with zero attached hydrogens (tertiary/aromatic N) is 6. The highest BCUT2D eigenvalue weighted by molar-refractivity contribution is 6.33. The highest BCUT2D eigenvalue weighted by Crippen LogP contribution is 2.25. The number of halogens is 1. The zero-order chi connectivity index (χ0) is 13.9. The van der Waals surface area contributed by atoms with Gasteiger partial charge in [0.1, 0.15) is 12.7 Å². The fourth-order valence-corrected chi connectivity index (χ4v) is 1.87. The maximum atomic E-state index is 6.18. The van der Waals surface area contributed by atoms with E-state index < -0.39 is 0 Å². The highest BCUT2D eigenvalue weighted by atomic mass is 35.5. The number of anilines is 1. The standard InChI is InChI=1S/C12H10ClN7/c1-14-11-17-10(8-4-2-3-5-9(8)13)18-12(19-11)20-7-15-6-16-20/h2-7H,1H3,(H,14,17,18,19). The quantitative estimate of drug-likeness (QED) is 0.791. The molecule has 2 heterocycles. The molecule has 0 fully saturated rings. The van der Waals surface area contributed by atoms with E-state index in [2.05, 4.69) is 30.4 Å². The van der Waals surface area contributed by atoms with Gasteiger partial charge in [0.2, 0.25) is 5.95 Å². The lowest BCUT2D eigenvalue weighted by atomic mass is 10.2. The van der Waals surface area contributed by atoms with E-state index in [4.69, 9.17) is 11.6 Å². The Balaban J connectivity index is 2.17. The molecule has 0 radical (unpaired) electrons. The maximum Gasteiger partial charge on any atom is 0.257 e. The van der Waals surface area contributed by atoms with Gasteiger partial charge < -0.3 is 5.32 Å². The summed E-state index contributed by atoms with van der Waals surface area (Å²) in [6.45, 7) is 0. The summed E-state index contributed by atoms with van der Waals surface area (Å²) < 4.78 is 1.46. The molecule has 3 aromatic rings. The van der Waals surface area contributed by atoms with Crippen LogP contribution in [-0.2, 0) is 0 Å². The molecule has 8 heteroatoms. The molecule has 0 atom stereocenters. The lowest BCUT2D eigenvalue weighted by Crippen LogP contribution is -2.08. The summed E-state index contributed by atoms with van der Waals surface area (Å²) >= 11 is 6.18. The SMILES string of the molecule is CNc1nc(-c2ccccc2Cl)nc(-n2cncn2)n1. The first-order valence-electron chi connectivity index (χ1n) is 5.81. The van der Waals surface area contributed by atoms with Crippen LogP contribution in [0.25, 0.3) is 17.3 Å². The summed E-state index contributed by atoms with van der Waals surface area (Å²) in [7, 11) is 1.73. The number of rotatable bonds is 3. The van der Waals surface area contributed by atoms with Crippen LogP contribution < -0.4 is 5.32 Å². The van der Waals surface area contributed by atoms with E-state index in [0.29, 0.717) is 22.7 Å². The Labute approximate surface area is 119 Å². The lowest BCUT2D eigenvalue weighted by molar-refractivity contribution is 0.798. The second-order valence-corrected chi connectivity index (χ2v) is 4.26. The van der Waals surface area contributed by atoms with E-state index in [1.54, 1.807) is 13.1 Å². The van der Waals surface area contributed by atoms with E-state index in [-0.39, 0.29) is 0 Å². The first-order chi connectivity index (χ1) is 9.78. The molecule has 1 aromatic carbocycles. The molecule has 0 saturated heterocycles. The van der Waals surface area contributed by atoms with E-state index in [1.165, 1.54) is 17.3 Å². The van der Waals surface area contributed by atoms with Crippen LogP contribution >= 0.6 is 11.6 Å². The van der Waals surface area contributed by atoms with Crippen LogP contribution in [-0.4, -0.2) is 36.8 Å². The van der Waals surface area contributed by atoms with Crippen molar-refractivity contribution in [2.45, 2.75) is 0 Å². The van der Waals surface area contributed by atoms with Gasteiger partial charge in [0.15, 0.2) is 5.82 Å². The minimum absolute atomic E-state index is 0.372. The van der Waals surface area contributed by atoms with E-state index in [0.717, 1.165) is 5.56 Å². The first-order valence-corrected chi connectivity index (χ1v) is 6.19. The molecule has 0 amide bonds. The smallest absolute Gasteiger partial charge is 0.257 e. The molecule has 1 N–H and O–H groups in total. The molecular formula is C12H10ClN7. The van der Waals surface area contributed by atoms with Gasteiger partial charge in [-0.1, -0.05) is 23.7 Å². The summed E-state index contributed by atoms with van der Waals surface area (Å²) in [5, 5.41) is 7.48. The van der Waals surface area contributed by atoms with Crippen molar-refractivity contribution >= 4 is 17.5 Å². The van der Waals surface area contributed by atoms with Crippen molar-refractivity contribution in [3.05, 3.63) is 41.9 Å². The Hall–Kier alpha value is -2.54. The van der Waals surface area contributed by atoms with Gasteiger partial charge in [-0.05, 0) is 12.1 Å². The van der Waals surface area contributed by atoms with E-state index in [9.17, 15) is 0 Å². The molecule has 0 aliphatic rings. The predicted molar refractivity (Wildman–Crippen MR) is 74.7 cm³/mol. The molecule has 20 heavy (non-hydrogen) atoms. The van der Waals surface area contributed by atoms with Gasteiger partial charge in [-0.25, -0.2) is 4.98 Å². The molecule has 0 unspecified atom stereocenters. The zero-order valence-corrected chi connectivity index (χ0v) is 11.3. The summed E-state index contributed by atoms with van der Waals surface area (Å²) in [6, 6.07) is 7.36. The summed E-state index contributed by atoms with van der Waals surface area (Å²) in [5.74, 6) is 1.28. The summed E-state index contributed by atoms with van der Waals surface area (Å²) in [6.07, 6.45) is 2.93. The molecule has 0 aliphatic carbocycles. The molecule has 100 valence electrons. The third-order valence-electron chi connectivity index (χ3n) is 2.59. The van der Waals surface area contributed by atoms with Crippen LogP contribution in [0.4, 0.5) is 5.95 Å². The summed E-state index contributed by atoms with van der Waals surface area (Å²) in [5.41, 5.74) is 0.731. The molecule has 7 nitrogen and oxygen atoms in total. The number of hydrogen-bond acceptors (Lipinski definition) is 6. The Kier molecular flexibility index (Phi) is 3.26. The van der Waals surface area contributed by atoms with Crippen LogP contribution in [0.3, 0.4) is 0 Å². The number of nitrogens with one attached hydrogen (secondary N) is 1. The number of aromatic nitrogens is 6. The van der Waals surface area contributed by atoms with Gasteiger partial charge >= 0.3 is 0 Å². The maximum absolute atomic E-state index is 6.18. The molecular weight excluding hydrogens is 278 g/mol. The Morgan fingerprint density at radius 2 is 2.00 bits per heavy atom. The van der Waals surface area contributed by atoms with Crippen LogP contribution in [0.1, 0.15) is 0 Å². The molecule has 2 aromatic heterocycles. The van der Waals surface area contributed by atoms with Crippen LogP contribution in [0.5, 0.6) is 0 Å². The van der Waals surface area contributed by atoms with Crippen molar-refractivity contribution in [1.29, 1.82) is 0 Å². The van der Waals surface area contributed by atoms with Gasteiger partial charge in [-0.3, -0.25) is 0 Å². The predicted octanol–water partition coefficient (Wildman–Crippen LogP) is 1.81. The van der Waals surface area contributed by atoms with Gasteiger partial charge in [0, 0.05) is 12.6 Å². The average molecular weight is 288 g/mol. The molecule has 3 rings (SSSR count). The van der Waals surface area contributed by atoms with Crippen LogP contribution in [0.2, 0.25) is 5.02 Å². The van der Waals surface area contributed by atoms with Crippen molar-refractivity contribution in [1.82, 2.24) is 29.7 Å². The molecule has 0 aliphatic heterocycles. The second-order valence-electron chi connectivity index (χ2n) is 3.85. The van der Waals surface area contributed by atoms with Crippen molar-refractivity contribution < 1.29 is 0 Å². The third kappa shape index (κ3) is 2.30. The van der Waals surface area contributed by atoms with Crippen LogP contribution in [0, 0.1) is 0 Å². The van der Waals surface area contributed by atoms with E-state index >= 15 is 0 Å². The Morgan fingerprint density at radius 3 is 2.70 bits per heavy atom. The molecule has 0 saturated carbocycles. The minimum atomic E-state index is 0.372. The largest absolute Gasteiger partial charge is 0.357 e. The van der Waals surface area contributed by atoms with Crippen molar-refractivity contribution in [3.63, 3.8) is 0 Å². The number of benzene rings is 1. The minimum Gasteiger partial charge on any atom is -0.357 e. The Bertz CT molecular complexity index is 726. The second kappa shape index (κ2) is 5.22. The topological polar surface area (TPSA) is 81.4 Å². The van der Waals surface area contributed by atoms with Gasteiger partial charge in [-0.15, -0.1) is 0 Å².